The number of ether oxygens (including phenoxy) is 1. The van der Waals surface area contributed by atoms with Crippen molar-refractivity contribution in [2.75, 3.05) is 12.3 Å². The number of carbonyl (C=O) groups excluding carboxylic acids is 1. The number of hydrogen-bond donors (Lipinski definition) is 2. The van der Waals surface area contributed by atoms with Gasteiger partial charge in [-0.3, -0.25) is 0 Å². The monoisotopic (exact) mass is 404 g/mol. The molecule has 0 aliphatic heterocycles. The van der Waals surface area contributed by atoms with Crippen molar-refractivity contribution in [3.05, 3.63) is 51.1 Å². The maximum Gasteiger partial charge on any atom is 0.348 e. The number of nitrogen functional groups attached to an aromatic ring is 1. The number of hydrogen-bond acceptors (Lipinski definition) is 7. The SMILES string of the molecule is CCOC(=O)c1sc2nc(CNC(C)c3cccc(Cl)c3)nc(N)c2c1C. The lowest BCUT2D eigenvalue weighted by Crippen LogP contribution is -2.20. The molecule has 6 nitrogen and oxygen atoms in total. The van der Waals surface area contributed by atoms with E-state index in [2.05, 4.69) is 15.3 Å². The van der Waals surface area contributed by atoms with Gasteiger partial charge in [-0.15, -0.1) is 11.3 Å². The van der Waals surface area contributed by atoms with Crippen LogP contribution in [0.5, 0.6) is 0 Å². The van der Waals surface area contributed by atoms with Gasteiger partial charge in [-0.2, -0.15) is 0 Å². The average Bonchev–Trinajstić information content (AvgIpc) is 2.97. The standard InChI is InChI=1S/C19H21ClN4O2S/c1-4-26-19(25)16-10(2)15-17(21)23-14(24-18(15)27-16)9-22-11(3)12-6-5-7-13(20)8-12/h5-8,11,22H,4,9H2,1-3H3,(H2,21,23,24). The maximum absolute atomic E-state index is 12.1. The molecule has 0 amide bonds. The van der Waals surface area contributed by atoms with Crippen molar-refractivity contribution in [1.82, 2.24) is 15.3 Å². The Balaban J connectivity index is 1.82. The number of nitrogens with two attached hydrogens (primary N) is 1. The van der Waals surface area contributed by atoms with Gasteiger partial charge in [0.25, 0.3) is 0 Å². The highest BCUT2D eigenvalue weighted by molar-refractivity contribution is 7.20. The van der Waals surface area contributed by atoms with E-state index in [9.17, 15) is 4.79 Å². The molecule has 1 aromatic carbocycles. The van der Waals surface area contributed by atoms with Crippen LogP contribution in [0.2, 0.25) is 5.02 Å². The zero-order chi connectivity index (χ0) is 19.6. The normalized spacial score (nSPS) is 12.3. The first-order valence-corrected chi connectivity index (χ1v) is 9.81. The van der Waals surface area contributed by atoms with Crippen molar-refractivity contribution in [2.24, 2.45) is 0 Å². The second-order valence-electron chi connectivity index (χ2n) is 6.14. The molecule has 3 N–H and O–H groups in total. The predicted molar refractivity (Wildman–Crippen MR) is 109 cm³/mol. The molecule has 8 heteroatoms. The minimum atomic E-state index is -0.355. The van der Waals surface area contributed by atoms with Gasteiger partial charge in [0, 0.05) is 11.1 Å². The van der Waals surface area contributed by atoms with Gasteiger partial charge in [-0.1, -0.05) is 23.7 Å². The van der Waals surface area contributed by atoms with Gasteiger partial charge in [-0.05, 0) is 44.0 Å². The van der Waals surface area contributed by atoms with E-state index < -0.39 is 0 Å². The molecular weight excluding hydrogens is 384 g/mol. The van der Waals surface area contributed by atoms with Crippen LogP contribution in [0, 0.1) is 6.92 Å². The molecule has 0 aliphatic rings. The number of thiophene rings is 1. The van der Waals surface area contributed by atoms with Crippen LogP contribution in [-0.2, 0) is 11.3 Å². The summed E-state index contributed by atoms with van der Waals surface area (Å²) in [5.74, 6) is 0.591. The fourth-order valence-corrected chi connectivity index (χ4v) is 4.12. The highest BCUT2D eigenvalue weighted by Crippen LogP contribution is 2.33. The van der Waals surface area contributed by atoms with Gasteiger partial charge in [0.1, 0.15) is 21.3 Å². The number of aryl methyl sites for hydroxylation is 1. The van der Waals surface area contributed by atoms with Gasteiger partial charge < -0.3 is 15.8 Å². The Morgan fingerprint density at radius 3 is 2.89 bits per heavy atom. The molecule has 0 saturated heterocycles. The Labute approximate surface area is 166 Å². The fraction of sp³-hybridized carbons (Fsp3) is 0.316. The average molecular weight is 405 g/mol. The van der Waals surface area contributed by atoms with Crippen LogP contribution >= 0.6 is 22.9 Å². The summed E-state index contributed by atoms with van der Waals surface area (Å²) >= 11 is 7.33. The minimum Gasteiger partial charge on any atom is -0.462 e. The molecule has 0 saturated carbocycles. The van der Waals surface area contributed by atoms with E-state index in [1.165, 1.54) is 11.3 Å². The van der Waals surface area contributed by atoms with Crippen LogP contribution in [0.4, 0.5) is 5.82 Å². The van der Waals surface area contributed by atoms with E-state index in [1.54, 1.807) is 6.92 Å². The van der Waals surface area contributed by atoms with Crippen LogP contribution in [0.3, 0.4) is 0 Å². The number of nitrogens with one attached hydrogen (secondary N) is 1. The molecular formula is C19H21ClN4O2S. The number of fused-ring (bicyclic) bond motifs is 1. The summed E-state index contributed by atoms with van der Waals surface area (Å²) in [6.45, 7) is 6.43. The van der Waals surface area contributed by atoms with Crippen LogP contribution in [0.1, 0.15) is 46.5 Å². The Kier molecular flexibility index (Phi) is 5.94. The third-order valence-corrected chi connectivity index (χ3v) is 5.64. The van der Waals surface area contributed by atoms with Gasteiger partial charge in [0.2, 0.25) is 0 Å². The molecule has 27 heavy (non-hydrogen) atoms. The number of aromatic nitrogens is 2. The lowest BCUT2D eigenvalue weighted by Gasteiger charge is -2.14. The summed E-state index contributed by atoms with van der Waals surface area (Å²) in [5.41, 5.74) is 7.98. The smallest absolute Gasteiger partial charge is 0.348 e. The summed E-state index contributed by atoms with van der Waals surface area (Å²) in [4.78, 5) is 22.3. The molecule has 2 aromatic heterocycles. The van der Waals surface area contributed by atoms with Crippen LogP contribution in [0.15, 0.2) is 24.3 Å². The molecule has 142 valence electrons. The topological polar surface area (TPSA) is 90.1 Å². The Hall–Kier alpha value is -2.22. The summed E-state index contributed by atoms with van der Waals surface area (Å²) in [6.07, 6.45) is 0. The zero-order valence-corrected chi connectivity index (χ0v) is 16.9. The van der Waals surface area contributed by atoms with Gasteiger partial charge in [0.15, 0.2) is 0 Å². The molecule has 0 aliphatic carbocycles. The predicted octanol–water partition coefficient (Wildman–Crippen LogP) is 4.26. The van der Waals surface area contributed by atoms with Crippen molar-refractivity contribution in [2.45, 2.75) is 33.4 Å². The minimum absolute atomic E-state index is 0.0735. The highest BCUT2D eigenvalue weighted by Gasteiger charge is 2.20. The quantitative estimate of drug-likeness (QED) is 0.596. The van der Waals surface area contributed by atoms with E-state index in [-0.39, 0.29) is 12.0 Å². The van der Waals surface area contributed by atoms with Crippen molar-refractivity contribution in [3.63, 3.8) is 0 Å². The lowest BCUT2D eigenvalue weighted by atomic mass is 10.1. The van der Waals surface area contributed by atoms with Gasteiger partial charge in [0.05, 0.1) is 18.5 Å². The molecule has 0 fully saturated rings. The molecule has 0 radical (unpaired) electrons. The van der Waals surface area contributed by atoms with E-state index >= 15 is 0 Å². The Morgan fingerprint density at radius 2 is 2.19 bits per heavy atom. The summed E-state index contributed by atoms with van der Waals surface area (Å²) in [6, 6.07) is 7.77. The Morgan fingerprint density at radius 1 is 1.41 bits per heavy atom. The van der Waals surface area contributed by atoms with E-state index in [4.69, 9.17) is 22.1 Å². The van der Waals surface area contributed by atoms with E-state index in [1.807, 2.05) is 38.1 Å². The number of benzene rings is 1. The van der Waals surface area contributed by atoms with Crippen molar-refractivity contribution in [3.8, 4) is 0 Å². The number of esters is 1. The van der Waals surface area contributed by atoms with Crippen molar-refractivity contribution >= 4 is 44.9 Å². The second kappa shape index (κ2) is 8.21. The number of carbonyl (C=O) groups is 1. The van der Waals surface area contributed by atoms with Crippen molar-refractivity contribution in [1.29, 1.82) is 0 Å². The molecule has 0 spiro atoms. The number of halogens is 1. The van der Waals surface area contributed by atoms with Crippen LogP contribution < -0.4 is 11.1 Å². The van der Waals surface area contributed by atoms with E-state index in [0.717, 1.165) is 16.5 Å². The number of rotatable bonds is 6. The summed E-state index contributed by atoms with van der Waals surface area (Å²) in [7, 11) is 0. The first kappa shape index (κ1) is 19.5. The largest absolute Gasteiger partial charge is 0.462 e. The van der Waals surface area contributed by atoms with Crippen molar-refractivity contribution < 1.29 is 9.53 Å². The molecule has 3 rings (SSSR count). The Bertz CT molecular complexity index is 989. The maximum atomic E-state index is 12.1. The van der Waals surface area contributed by atoms with E-state index in [0.29, 0.717) is 39.5 Å². The lowest BCUT2D eigenvalue weighted by molar-refractivity contribution is 0.0531. The molecule has 1 unspecified atom stereocenters. The first-order valence-electron chi connectivity index (χ1n) is 8.62. The van der Waals surface area contributed by atoms with Gasteiger partial charge >= 0.3 is 5.97 Å². The third kappa shape index (κ3) is 4.21. The molecule has 1 atom stereocenters. The summed E-state index contributed by atoms with van der Waals surface area (Å²) in [5, 5.41) is 4.79. The third-order valence-electron chi connectivity index (χ3n) is 4.24. The number of anilines is 1. The van der Waals surface area contributed by atoms with Crippen LogP contribution in [-0.4, -0.2) is 22.5 Å². The number of nitrogens with zero attached hydrogens (tertiary/aromatic N) is 2. The summed E-state index contributed by atoms with van der Waals surface area (Å²) < 4.78 is 5.11. The molecule has 0 bridgehead atoms. The first-order chi connectivity index (χ1) is 12.9. The fourth-order valence-electron chi connectivity index (χ4n) is 2.82. The van der Waals surface area contributed by atoms with Crippen LogP contribution in [0.25, 0.3) is 10.2 Å². The zero-order valence-electron chi connectivity index (χ0n) is 15.4. The molecule has 2 heterocycles. The second-order valence-corrected chi connectivity index (χ2v) is 7.57. The van der Waals surface area contributed by atoms with Gasteiger partial charge in [-0.25, -0.2) is 14.8 Å². The molecule has 3 aromatic rings. The highest BCUT2D eigenvalue weighted by atomic mass is 35.5.